The van der Waals surface area contributed by atoms with Crippen molar-refractivity contribution in [1.29, 1.82) is 0 Å². The highest BCUT2D eigenvalue weighted by atomic mass is 35.5. The molecule has 0 saturated carbocycles. The van der Waals surface area contributed by atoms with Crippen LogP contribution < -0.4 is 4.90 Å². The van der Waals surface area contributed by atoms with Gasteiger partial charge in [0.05, 0.1) is 30.8 Å². The fraction of sp³-hybridized carbons (Fsp3) is 0.607. The van der Waals surface area contributed by atoms with E-state index in [1.54, 1.807) is 42.2 Å². The number of halogens is 1. The number of hydrogen-bond donors (Lipinski definition) is 1. The zero-order valence-corrected chi connectivity index (χ0v) is 22.9. The summed E-state index contributed by atoms with van der Waals surface area (Å²) in [4.78, 5) is 45.1. The molecule has 0 aliphatic carbocycles. The number of likely N-dealkylation sites (tertiary alicyclic amines) is 1. The Labute approximate surface area is 223 Å². The van der Waals surface area contributed by atoms with Crippen LogP contribution in [0.1, 0.15) is 41.0 Å². The molecule has 3 fully saturated rings. The van der Waals surface area contributed by atoms with Crippen LogP contribution >= 0.6 is 11.6 Å². The summed E-state index contributed by atoms with van der Waals surface area (Å²) >= 11 is 6.10. The van der Waals surface area contributed by atoms with Gasteiger partial charge in [-0.2, -0.15) is 0 Å². The van der Waals surface area contributed by atoms with E-state index in [0.717, 1.165) is 0 Å². The number of rotatable bonds is 9. The lowest BCUT2D eigenvalue weighted by atomic mass is 9.62. The lowest BCUT2D eigenvalue weighted by Gasteiger charge is -2.40. The summed E-state index contributed by atoms with van der Waals surface area (Å²) in [5.41, 5.74) is -1.58. The zero-order valence-electron chi connectivity index (χ0n) is 22.1. The number of fused-ring (bicyclic) bond motifs is 1. The molecule has 1 N–H and O–H groups in total. The minimum Gasteiger partial charge on any atom is -0.466 e. The van der Waals surface area contributed by atoms with Gasteiger partial charge in [0.25, 0.3) is 5.91 Å². The topological polar surface area (TPSA) is 96.4 Å². The van der Waals surface area contributed by atoms with Crippen molar-refractivity contribution in [1.82, 2.24) is 4.90 Å². The van der Waals surface area contributed by atoms with E-state index < -0.39 is 41.1 Å². The number of hydrogen-bond acceptors (Lipinski definition) is 6. The first-order valence-electron chi connectivity index (χ1n) is 13.0. The van der Waals surface area contributed by atoms with Gasteiger partial charge in [-0.25, -0.2) is 0 Å². The van der Waals surface area contributed by atoms with E-state index in [0.29, 0.717) is 17.1 Å². The van der Waals surface area contributed by atoms with Crippen LogP contribution in [0.4, 0.5) is 5.69 Å². The largest absolute Gasteiger partial charge is 0.466 e. The summed E-state index contributed by atoms with van der Waals surface area (Å²) in [7, 11) is 0. The highest BCUT2D eigenvalue weighted by molar-refractivity contribution is 6.30. The highest BCUT2D eigenvalue weighted by Crippen LogP contribution is 2.65. The molecule has 1 aromatic carbocycles. The van der Waals surface area contributed by atoms with Gasteiger partial charge < -0.3 is 24.4 Å². The molecule has 1 spiro atoms. The van der Waals surface area contributed by atoms with Gasteiger partial charge in [0.15, 0.2) is 0 Å². The summed E-state index contributed by atoms with van der Waals surface area (Å²) in [5.74, 6) is -3.17. The second kappa shape index (κ2) is 10.0. The maximum atomic E-state index is 14.5. The third kappa shape index (κ3) is 4.08. The van der Waals surface area contributed by atoms with Gasteiger partial charge >= 0.3 is 5.97 Å². The Bertz CT molecular complexity index is 1080. The molecule has 3 aliphatic rings. The molecule has 9 heteroatoms. The summed E-state index contributed by atoms with van der Waals surface area (Å²) in [5, 5.41) is 10.9. The number of ether oxygens (including phenoxy) is 2. The average molecular weight is 533 g/mol. The molecule has 0 radical (unpaired) electrons. The van der Waals surface area contributed by atoms with E-state index in [4.69, 9.17) is 21.1 Å². The van der Waals surface area contributed by atoms with E-state index in [1.807, 2.05) is 27.7 Å². The molecule has 7 atom stereocenters. The number of carbonyl (C=O) groups is 3. The molecule has 3 aliphatic heterocycles. The van der Waals surface area contributed by atoms with Crippen LogP contribution in [-0.4, -0.2) is 70.8 Å². The number of aliphatic hydroxyl groups is 1. The first kappa shape index (κ1) is 27.6. The Morgan fingerprint density at radius 3 is 2.54 bits per heavy atom. The van der Waals surface area contributed by atoms with Crippen LogP contribution in [0.5, 0.6) is 0 Å². The van der Waals surface area contributed by atoms with Gasteiger partial charge in [0.1, 0.15) is 17.6 Å². The van der Waals surface area contributed by atoms with Crippen molar-refractivity contribution in [3.05, 3.63) is 41.9 Å². The molecule has 1 aromatic rings. The Morgan fingerprint density at radius 2 is 2.00 bits per heavy atom. The van der Waals surface area contributed by atoms with E-state index in [2.05, 4.69) is 6.58 Å². The number of aliphatic hydroxyl groups excluding tert-OH is 1. The lowest BCUT2D eigenvalue weighted by molar-refractivity contribution is -0.162. The van der Waals surface area contributed by atoms with Crippen molar-refractivity contribution in [2.24, 2.45) is 23.7 Å². The third-order valence-corrected chi connectivity index (χ3v) is 8.81. The van der Waals surface area contributed by atoms with Crippen molar-refractivity contribution in [3.63, 3.8) is 0 Å². The van der Waals surface area contributed by atoms with Crippen LogP contribution in [0.3, 0.4) is 0 Å². The number of carbonyl (C=O) groups excluding carboxylic acids is 3. The van der Waals surface area contributed by atoms with Gasteiger partial charge in [-0.15, -0.1) is 6.58 Å². The van der Waals surface area contributed by atoms with Crippen molar-refractivity contribution < 1.29 is 29.0 Å². The maximum Gasteiger partial charge on any atom is 0.312 e. The van der Waals surface area contributed by atoms with Crippen LogP contribution in [-0.2, 0) is 23.9 Å². The molecule has 2 amide bonds. The molecule has 4 rings (SSSR count). The summed E-state index contributed by atoms with van der Waals surface area (Å²) < 4.78 is 12.1. The smallest absolute Gasteiger partial charge is 0.312 e. The van der Waals surface area contributed by atoms with Crippen molar-refractivity contribution >= 4 is 35.1 Å². The quantitative estimate of drug-likeness (QED) is 0.386. The third-order valence-electron chi connectivity index (χ3n) is 8.56. The first-order chi connectivity index (χ1) is 17.5. The fourth-order valence-corrected chi connectivity index (χ4v) is 6.87. The summed E-state index contributed by atoms with van der Waals surface area (Å²) in [6.45, 7) is 13.2. The lowest BCUT2D eigenvalue weighted by Crippen LogP contribution is -2.60. The van der Waals surface area contributed by atoms with Crippen LogP contribution in [0, 0.1) is 23.7 Å². The molecule has 3 heterocycles. The van der Waals surface area contributed by atoms with E-state index >= 15 is 0 Å². The minimum absolute atomic E-state index is 0.101. The minimum atomic E-state index is -1.23. The number of amides is 2. The molecule has 37 heavy (non-hydrogen) atoms. The van der Waals surface area contributed by atoms with Crippen molar-refractivity contribution in [2.45, 2.75) is 64.3 Å². The Morgan fingerprint density at radius 1 is 1.35 bits per heavy atom. The van der Waals surface area contributed by atoms with Crippen LogP contribution in [0.15, 0.2) is 36.9 Å². The summed E-state index contributed by atoms with van der Waals surface area (Å²) in [6.07, 6.45) is 2.05. The predicted molar refractivity (Wildman–Crippen MR) is 140 cm³/mol. The number of benzene rings is 1. The van der Waals surface area contributed by atoms with Gasteiger partial charge in [0, 0.05) is 17.3 Å². The van der Waals surface area contributed by atoms with Crippen molar-refractivity contribution in [3.8, 4) is 0 Å². The zero-order chi connectivity index (χ0) is 27.3. The van der Waals surface area contributed by atoms with Gasteiger partial charge in [-0.3, -0.25) is 14.4 Å². The predicted octanol–water partition coefficient (Wildman–Crippen LogP) is 3.45. The van der Waals surface area contributed by atoms with Gasteiger partial charge in [-0.1, -0.05) is 38.4 Å². The molecule has 0 aromatic heterocycles. The second-order valence-corrected chi connectivity index (χ2v) is 11.3. The molecule has 8 nitrogen and oxygen atoms in total. The van der Waals surface area contributed by atoms with Crippen molar-refractivity contribution in [2.75, 3.05) is 24.7 Å². The number of esters is 1. The monoisotopic (exact) mass is 532 g/mol. The molecule has 3 unspecified atom stereocenters. The second-order valence-electron chi connectivity index (χ2n) is 10.9. The Hall–Kier alpha value is -2.42. The summed E-state index contributed by atoms with van der Waals surface area (Å²) in [6, 6.07) is 5.20. The fourth-order valence-electron chi connectivity index (χ4n) is 6.74. The molecule has 2 bridgehead atoms. The maximum absolute atomic E-state index is 14.5. The van der Waals surface area contributed by atoms with Gasteiger partial charge in [0.2, 0.25) is 5.91 Å². The highest BCUT2D eigenvalue weighted by Gasteiger charge is 2.80. The standard InChI is InChI=1S/C28H37ClN2O6/c1-7-13-30(19-11-9-18(29)10-12-19)25(34)23-28-14-17(5)27(6,37-28)22(26(35)36-8-2)21(28)24(33)31(23)20(15-32)16(3)4/h7,9-12,16-17,20-23,32H,1,8,13-15H2,2-6H3/t17?,20-,21-,22-,23?,27+,28?/m0/s1. The Kier molecular flexibility index (Phi) is 7.49. The molecule has 202 valence electrons. The van der Waals surface area contributed by atoms with E-state index in [1.165, 1.54) is 4.90 Å². The number of anilines is 1. The molecular weight excluding hydrogens is 496 g/mol. The van der Waals surface area contributed by atoms with Gasteiger partial charge in [-0.05, 0) is 56.4 Å². The van der Waals surface area contributed by atoms with E-state index in [-0.39, 0.29) is 43.4 Å². The molecular formula is C28H37ClN2O6. The van der Waals surface area contributed by atoms with Crippen LogP contribution in [0.25, 0.3) is 0 Å². The average Bonchev–Trinajstić information content (AvgIpc) is 3.35. The van der Waals surface area contributed by atoms with E-state index in [9.17, 15) is 19.5 Å². The Balaban J connectivity index is 1.89. The SMILES string of the molecule is C=CCN(C(=O)C1N([C@@H](CO)C(C)C)C(=O)[C@@H]2[C@@H](C(=O)OCC)[C@]3(C)OC12CC3C)c1ccc(Cl)cc1. The number of nitrogens with zero attached hydrogens (tertiary/aromatic N) is 2. The molecule has 3 saturated heterocycles. The van der Waals surface area contributed by atoms with Crippen LogP contribution in [0.2, 0.25) is 5.02 Å². The normalized spacial score (nSPS) is 33.0. The first-order valence-corrected chi connectivity index (χ1v) is 13.3.